The molecule has 8 heteroatoms. The minimum atomic E-state index is -1.03. The van der Waals surface area contributed by atoms with Crippen LogP contribution in [0.15, 0.2) is 48.5 Å². The molecule has 0 aliphatic carbocycles. The Kier molecular flexibility index (Phi) is 8.95. The summed E-state index contributed by atoms with van der Waals surface area (Å²) in [6.07, 6.45) is 0.343. The van der Waals surface area contributed by atoms with Crippen LogP contribution in [0.1, 0.15) is 61.3 Å². The molecule has 0 N–H and O–H groups in total. The fourth-order valence-corrected chi connectivity index (χ4v) is 2.61. The average Bonchev–Trinajstić information content (AvgIpc) is 2.71. The molecule has 0 unspecified atom stereocenters. The van der Waals surface area contributed by atoms with Gasteiger partial charge in [-0.2, -0.15) is 0 Å². The summed E-state index contributed by atoms with van der Waals surface area (Å²) in [4.78, 5) is 58.0. The van der Waals surface area contributed by atoms with Crippen LogP contribution in [-0.4, -0.2) is 23.9 Å². The fraction of sp³-hybridized carbons (Fsp3) is 0.333. The molecular weight excluding hydrogens is 416 g/mol. The standard InChI is InChI=1S/C24H26O8/c1-15(2)13-21(25)29-19-11-7-5-9-17(19)23(27)31-32-24(28)18-10-6-8-12-20(18)30-22(26)14-16(3)4/h5-12,15-16H,13-14H2,1-4H3. The van der Waals surface area contributed by atoms with Gasteiger partial charge >= 0.3 is 23.9 Å². The summed E-state index contributed by atoms with van der Waals surface area (Å²) < 4.78 is 10.5. The van der Waals surface area contributed by atoms with E-state index < -0.39 is 23.9 Å². The summed E-state index contributed by atoms with van der Waals surface area (Å²) in [5.41, 5.74) is -0.178. The maximum atomic E-state index is 12.4. The molecule has 0 aliphatic heterocycles. The first-order valence-corrected chi connectivity index (χ1v) is 10.2. The number of carbonyl (C=O) groups excluding carboxylic acids is 4. The van der Waals surface area contributed by atoms with Crippen LogP contribution in [0.5, 0.6) is 11.5 Å². The summed E-state index contributed by atoms with van der Waals surface area (Å²) in [6.45, 7) is 7.44. The van der Waals surface area contributed by atoms with Crippen LogP contribution >= 0.6 is 0 Å². The van der Waals surface area contributed by atoms with Gasteiger partial charge in [0.05, 0.1) is 0 Å². The lowest BCUT2D eigenvalue weighted by Gasteiger charge is -2.11. The predicted octanol–water partition coefficient (Wildman–Crippen LogP) is 4.52. The minimum Gasteiger partial charge on any atom is -0.426 e. The summed E-state index contributed by atoms with van der Waals surface area (Å²) >= 11 is 0. The summed E-state index contributed by atoms with van der Waals surface area (Å²) in [7, 11) is 0. The zero-order chi connectivity index (χ0) is 23.7. The smallest absolute Gasteiger partial charge is 0.390 e. The van der Waals surface area contributed by atoms with Crippen molar-refractivity contribution >= 4 is 23.9 Å². The molecule has 170 valence electrons. The monoisotopic (exact) mass is 442 g/mol. The van der Waals surface area contributed by atoms with Crippen LogP contribution in [0.25, 0.3) is 0 Å². The van der Waals surface area contributed by atoms with E-state index in [1.165, 1.54) is 24.3 Å². The molecule has 0 saturated carbocycles. The largest absolute Gasteiger partial charge is 0.426 e. The van der Waals surface area contributed by atoms with Gasteiger partial charge < -0.3 is 9.47 Å². The molecule has 0 bridgehead atoms. The van der Waals surface area contributed by atoms with Crippen molar-refractivity contribution in [1.82, 2.24) is 0 Å². The first-order chi connectivity index (χ1) is 15.2. The Morgan fingerprint density at radius 3 is 1.31 bits per heavy atom. The fourth-order valence-electron chi connectivity index (χ4n) is 2.61. The Bertz CT molecular complexity index is 898. The van der Waals surface area contributed by atoms with Crippen molar-refractivity contribution in [2.24, 2.45) is 11.8 Å². The third-order valence-corrected chi connectivity index (χ3v) is 4.00. The van der Waals surface area contributed by atoms with Crippen LogP contribution in [0.2, 0.25) is 0 Å². The molecule has 0 heterocycles. The second kappa shape index (κ2) is 11.6. The highest BCUT2D eigenvalue weighted by molar-refractivity contribution is 5.96. The molecule has 2 rings (SSSR count). The van der Waals surface area contributed by atoms with E-state index in [1.807, 2.05) is 27.7 Å². The Morgan fingerprint density at radius 2 is 0.969 bits per heavy atom. The number of esters is 2. The Balaban J connectivity index is 2.06. The van der Waals surface area contributed by atoms with Gasteiger partial charge in [-0.15, -0.1) is 0 Å². The molecule has 0 saturated heterocycles. The van der Waals surface area contributed by atoms with Crippen LogP contribution in [-0.2, 0) is 19.4 Å². The number of rotatable bonds is 8. The van der Waals surface area contributed by atoms with E-state index in [4.69, 9.17) is 9.47 Å². The number of benzene rings is 2. The molecule has 0 fully saturated rings. The van der Waals surface area contributed by atoms with Gasteiger partial charge in [-0.05, 0) is 36.1 Å². The maximum Gasteiger partial charge on any atom is 0.390 e. The molecule has 0 aliphatic rings. The van der Waals surface area contributed by atoms with E-state index in [1.54, 1.807) is 24.3 Å². The van der Waals surface area contributed by atoms with Crippen LogP contribution < -0.4 is 9.47 Å². The molecule has 0 atom stereocenters. The first-order valence-electron chi connectivity index (χ1n) is 10.2. The molecular formula is C24H26O8. The van der Waals surface area contributed by atoms with Crippen molar-refractivity contribution in [3.63, 3.8) is 0 Å². The van der Waals surface area contributed by atoms with E-state index in [0.717, 1.165) is 0 Å². The second-order valence-electron chi connectivity index (χ2n) is 7.88. The lowest BCUT2D eigenvalue weighted by atomic mass is 10.1. The summed E-state index contributed by atoms with van der Waals surface area (Å²) in [5.74, 6) is -2.93. The molecule has 0 radical (unpaired) electrons. The third kappa shape index (κ3) is 7.54. The highest BCUT2D eigenvalue weighted by Gasteiger charge is 2.22. The van der Waals surface area contributed by atoms with E-state index >= 15 is 0 Å². The van der Waals surface area contributed by atoms with Crippen molar-refractivity contribution in [3.05, 3.63) is 59.7 Å². The lowest BCUT2D eigenvalue weighted by Crippen LogP contribution is -2.17. The number of hydrogen-bond acceptors (Lipinski definition) is 8. The number of ether oxygens (including phenoxy) is 2. The van der Waals surface area contributed by atoms with E-state index in [9.17, 15) is 19.2 Å². The number of carbonyl (C=O) groups is 4. The topological polar surface area (TPSA) is 105 Å². The maximum absolute atomic E-state index is 12.4. The second-order valence-corrected chi connectivity index (χ2v) is 7.88. The molecule has 0 amide bonds. The zero-order valence-electron chi connectivity index (χ0n) is 18.5. The molecule has 32 heavy (non-hydrogen) atoms. The average molecular weight is 442 g/mol. The Labute approximate surface area is 186 Å². The third-order valence-electron chi connectivity index (χ3n) is 4.00. The van der Waals surface area contributed by atoms with Gasteiger partial charge in [0.15, 0.2) is 0 Å². The van der Waals surface area contributed by atoms with Gasteiger partial charge in [-0.1, -0.05) is 52.0 Å². The van der Waals surface area contributed by atoms with Crippen molar-refractivity contribution < 1.29 is 38.4 Å². The van der Waals surface area contributed by atoms with Gasteiger partial charge in [0.2, 0.25) is 0 Å². The van der Waals surface area contributed by atoms with Crippen LogP contribution in [0, 0.1) is 11.8 Å². The van der Waals surface area contributed by atoms with Gasteiger partial charge in [-0.25, -0.2) is 19.4 Å². The normalized spacial score (nSPS) is 10.6. The number of hydrogen-bond donors (Lipinski definition) is 0. The SMILES string of the molecule is CC(C)CC(=O)Oc1ccccc1C(=O)OOC(=O)c1ccccc1OC(=O)CC(C)C. The Hall–Kier alpha value is -3.68. The predicted molar refractivity (Wildman–Crippen MR) is 114 cm³/mol. The van der Waals surface area contributed by atoms with Gasteiger partial charge in [-0.3, -0.25) is 9.59 Å². The molecule has 2 aromatic rings. The van der Waals surface area contributed by atoms with Gasteiger partial charge in [0, 0.05) is 12.8 Å². The zero-order valence-corrected chi connectivity index (χ0v) is 18.5. The van der Waals surface area contributed by atoms with E-state index in [-0.39, 0.29) is 47.3 Å². The molecule has 8 nitrogen and oxygen atoms in total. The quantitative estimate of drug-likeness (QED) is 0.254. The van der Waals surface area contributed by atoms with Gasteiger partial charge in [0.1, 0.15) is 22.6 Å². The highest BCUT2D eigenvalue weighted by atomic mass is 17.2. The molecule has 0 spiro atoms. The highest BCUT2D eigenvalue weighted by Crippen LogP contribution is 2.23. The van der Waals surface area contributed by atoms with Crippen molar-refractivity contribution in [2.75, 3.05) is 0 Å². The Morgan fingerprint density at radius 1 is 0.625 bits per heavy atom. The number of para-hydroxylation sites is 2. The lowest BCUT2D eigenvalue weighted by molar-refractivity contribution is -0.187. The first kappa shape index (κ1) is 24.6. The molecule has 2 aromatic carbocycles. The summed E-state index contributed by atoms with van der Waals surface area (Å²) in [5, 5.41) is 0. The van der Waals surface area contributed by atoms with Crippen molar-refractivity contribution in [2.45, 2.75) is 40.5 Å². The van der Waals surface area contributed by atoms with Crippen molar-refractivity contribution in [1.29, 1.82) is 0 Å². The minimum absolute atomic E-state index is 0.0118. The van der Waals surface area contributed by atoms with E-state index in [2.05, 4.69) is 9.78 Å². The van der Waals surface area contributed by atoms with Gasteiger partial charge in [0.25, 0.3) is 0 Å². The summed E-state index contributed by atoms with van der Waals surface area (Å²) in [6, 6.07) is 11.9. The van der Waals surface area contributed by atoms with E-state index in [0.29, 0.717) is 0 Å². The van der Waals surface area contributed by atoms with Crippen molar-refractivity contribution in [3.8, 4) is 11.5 Å². The van der Waals surface area contributed by atoms with Crippen LogP contribution in [0.3, 0.4) is 0 Å². The molecule has 0 aromatic heterocycles. The van der Waals surface area contributed by atoms with Crippen LogP contribution in [0.4, 0.5) is 0 Å².